The largest absolute Gasteiger partial charge is 0.280 e. The average Bonchev–Trinajstić information content (AvgIpc) is 3.43. The Morgan fingerprint density at radius 2 is 0.846 bits per heavy atom. The van der Waals surface area contributed by atoms with Gasteiger partial charge in [-0.05, 0) is 36.5 Å². The van der Waals surface area contributed by atoms with Crippen molar-refractivity contribution in [2.45, 2.75) is 12.8 Å². The van der Waals surface area contributed by atoms with Gasteiger partial charge in [-0.25, -0.2) is 0 Å². The van der Waals surface area contributed by atoms with Crippen LogP contribution in [0.25, 0.3) is 0 Å². The number of nitrogens with zero attached hydrogens (tertiary/aromatic N) is 2. The Balaban J connectivity index is 1.19. The van der Waals surface area contributed by atoms with Gasteiger partial charge in [-0.2, -0.15) is 0 Å². The van der Waals surface area contributed by atoms with Gasteiger partial charge in [0.05, 0.1) is 23.7 Å². The topological polar surface area (TPSA) is 74.8 Å². The summed E-state index contributed by atoms with van der Waals surface area (Å²) in [6.45, 7) is 0.285. The van der Waals surface area contributed by atoms with E-state index in [2.05, 4.69) is 24.3 Å². The first-order chi connectivity index (χ1) is 12.6. The van der Waals surface area contributed by atoms with Gasteiger partial charge < -0.3 is 0 Å². The van der Waals surface area contributed by atoms with Crippen molar-refractivity contribution >= 4 is 23.6 Å². The molecule has 6 rings (SSSR count). The molecule has 4 bridgehead atoms. The summed E-state index contributed by atoms with van der Waals surface area (Å²) < 4.78 is 0. The number of likely N-dealkylation sites (tertiary alicyclic amines) is 2. The maximum Gasteiger partial charge on any atom is 0.233 e. The van der Waals surface area contributed by atoms with E-state index in [0.717, 1.165) is 12.8 Å². The summed E-state index contributed by atoms with van der Waals surface area (Å²) in [6, 6.07) is 0. The third kappa shape index (κ3) is 1.59. The minimum Gasteiger partial charge on any atom is -0.280 e. The predicted molar refractivity (Wildman–Crippen MR) is 88.9 cm³/mol. The normalized spacial score (nSPS) is 47.1. The summed E-state index contributed by atoms with van der Waals surface area (Å²) in [7, 11) is 0. The molecule has 2 heterocycles. The second-order valence-electron chi connectivity index (χ2n) is 8.66. The number of rotatable bonds is 3. The molecule has 4 amide bonds. The van der Waals surface area contributed by atoms with E-state index in [9.17, 15) is 19.2 Å². The number of carbonyl (C=O) groups is 4. The summed E-state index contributed by atoms with van der Waals surface area (Å²) >= 11 is 0. The standard InChI is InChI=1S/C20H20N2O4/c23-17-13-9-1-2-10(7-9)14(13)18(24)21(17)5-6-22-19(25)15-11-3-4-12(8-11)16(15)20(22)26/h1-4,9-16H,5-8H2/t9-,10-,11-,12-,13-,14+,15+,16+/m0/s1. The highest BCUT2D eigenvalue weighted by Crippen LogP contribution is 2.53. The number of hydrogen-bond donors (Lipinski definition) is 0. The van der Waals surface area contributed by atoms with Crippen LogP contribution in [0.3, 0.4) is 0 Å². The van der Waals surface area contributed by atoms with Crippen LogP contribution in [-0.2, 0) is 19.2 Å². The molecule has 2 saturated carbocycles. The molecule has 6 aliphatic rings. The molecule has 6 nitrogen and oxygen atoms in total. The van der Waals surface area contributed by atoms with Crippen molar-refractivity contribution in [2.24, 2.45) is 47.3 Å². The summed E-state index contributed by atoms with van der Waals surface area (Å²) in [6.07, 6.45) is 10.1. The number of fused-ring (bicyclic) bond motifs is 10. The van der Waals surface area contributed by atoms with Crippen molar-refractivity contribution in [2.75, 3.05) is 13.1 Å². The fourth-order valence-electron chi connectivity index (χ4n) is 6.57. The molecule has 0 unspecified atom stereocenters. The second kappa shape index (κ2) is 4.72. The lowest BCUT2D eigenvalue weighted by atomic mass is 9.85. The van der Waals surface area contributed by atoms with Gasteiger partial charge in [0.15, 0.2) is 0 Å². The fourth-order valence-corrected chi connectivity index (χ4v) is 6.57. The zero-order chi connectivity index (χ0) is 17.7. The van der Waals surface area contributed by atoms with Gasteiger partial charge in [-0.15, -0.1) is 0 Å². The highest BCUT2D eigenvalue weighted by molar-refractivity contribution is 6.08. The molecule has 2 aliphatic heterocycles. The van der Waals surface area contributed by atoms with Crippen LogP contribution in [0, 0.1) is 47.3 Å². The molecule has 134 valence electrons. The van der Waals surface area contributed by atoms with E-state index in [1.165, 1.54) is 9.80 Å². The van der Waals surface area contributed by atoms with Gasteiger partial charge >= 0.3 is 0 Å². The molecule has 2 saturated heterocycles. The zero-order valence-corrected chi connectivity index (χ0v) is 14.3. The highest BCUT2D eigenvalue weighted by atomic mass is 16.2. The minimum absolute atomic E-state index is 0.113. The maximum absolute atomic E-state index is 12.7. The smallest absolute Gasteiger partial charge is 0.233 e. The molecule has 0 aromatic carbocycles. The van der Waals surface area contributed by atoms with Gasteiger partial charge in [0, 0.05) is 13.1 Å². The van der Waals surface area contributed by atoms with Crippen LogP contribution in [-0.4, -0.2) is 46.5 Å². The summed E-state index contributed by atoms with van der Waals surface area (Å²) in [5.41, 5.74) is 0. The number of carbonyl (C=O) groups excluding carboxylic acids is 4. The lowest BCUT2D eigenvalue weighted by Gasteiger charge is -2.22. The van der Waals surface area contributed by atoms with Crippen LogP contribution in [0.5, 0.6) is 0 Å². The molecule has 4 fully saturated rings. The Morgan fingerprint density at radius 3 is 1.12 bits per heavy atom. The van der Waals surface area contributed by atoms with Crippen LogP contribution in [0.1, 0.15) is 12.8 Å². The average molecular weight is 352 g/mol. The first-order valence-corrected chi connectivity index (χ1v) is 9.63. The van der Waals surface area contributed by atoms with Crippen LogP contribution in [0.4, 0.5) is 0 Å². The minimum atomic E-state index is -0.220. The quantitative estimate of drug-likeness (QED) is 0.551. The molecule has 26 heavy (non-hydrogen) atoms. The Labute approximate surface area is 150 Å². The first-order valence-electron chi connectivity index (χ1n) is 9.63. The third-order valence-corrected chi connectivity index (χ3v) is 7.67. The summed E-state index contributed by atoms with van der Waals surface area (Å²) in [5, 5.41) is 0. The van der Waals surface area contributed by atoms with E-state index < -0.39 is 0 Å². The van der Waals surface area contributed by atoms with Crippen molar-refractivity contribution < 1.29 is 19.2 Å². The lowest BCUT2D eigenvalue weighted by molar-refractivity contribution is -0.146. The van der Waals surface area contributed by atoms with Gasteiger partial charge in [-0.3, -0.25) is 29.0 Å². The Kier molecular flexibility index (Phi) is 2.70. The number of imide groups is 2. The number of amides is 4. The van der Waals surface area contributed by atoms with E-state index in [4.69, 9.17) is 0 Å². The van der Waals surface area contributed by atoms with Crippen molar-refractivity contribution in [3.8, 4) is 0 Å². The molecule has 0 spiro atoms. The highest BCUT2D eigenvalue weighted by Gasteiger charge is 2.61. The van der Waals surface area contributed by atoms with Gasteiger partial charge in [0.2, 0.25) is 23.6 Å². The van der Waals surface area contributed by atoms with Crippen molar-refractivity contribution in [1.82, 2.24) is 9.80 Å². The van der Waals surface area contributed by atoms with E-state index in [-0.39, 0.29) is 84.1 Å². The Hall–Kier alpha value is -2.24. The van der Waals surface area contributed by atoms with E-state index in [0.29, 0.717) is 0 Å². The van der Waals surface area contributed by atoms with Crippen LogP contribution >= 0.6 is 0 Å². The second-order valence-corrected chi connectivity index (χ2v) is 8.66. The van der Waals surface area contributed by atoms with E-state index >= 15 is 0 Å². The fraction of sp³-hybridized carbons (Fsp3) is 0.600. The van der Waals surface area contributed by atoms with E-state index in [1.54, 1.807) is 0 Å². The predicted octanol–water partition coefficient (Wildman–Crippen LogP) is 0.601. The SMILES string of the molecule is O=C1[C@@H]2[C@H](C(=O)N1CCN1C(=O)[C@H]3[C@H](C1=O)[C@H]1C=C[C@H]3C1)[C@H]1C=C[C@H]2C1. The van der Waals surface area contributed by atoms with Crippen LogP contribution in [0.15, 0.2) is 24.3 Å². The molecule has 0 radical (unpaired) electrons. The molecule has 6 heteroatoms. The van der Waals surface area contributed by atoms with Gasteiger partial charge in [-0.1, -0.05) is 24.3 Å². The summed E-state index contributed by atoms with van der Waals surface area (Å²) in [4.78, 5) is 53.6. The maximum atomic E-state index is 12.7. The van der Waals surface area contributed by atoms with Crippen molar-refractivity contribution in [3.63, 3.8) is 0 Å². The molecule has 4 aliphatic carbocycles. The third-order valence-electron chi connectivity index (χ3n) is 7.67. The summed E-state index contributed by atoms with van der Waals surface area (Å²) in [5.74, 6) is -0.602. The number of allylic oxidation sites excluding steroid dienone is 4. The van der Waals surface area contributed by atoms with Gasteiger partial charge in [0.1, 0.15) is 0 Å². The Morgan fingerprint density at radius 1 is 0.577 bits per heavy atom. The number of hydrogen-bond acceptors (Lipinski definition) is 4. The molecule has 0 N–H and O–H groups in total. The zero-order valence-electron chi connectivity index (χ0n) is 14.3. The lowest BCUT2D eigenvalue weighted by Crippen LogP contribution is -2.42. The van der Waals surface area contributed by atoms with Crippen molar-refractivity contribution in [1.29, 1.82) is 0 Å². The van der Waals surface area contributed by atoms with E-state index in [1.807, 2.05) is 0 Å². The van der Waals surface area contributed by atoms with Crippen molar-refractivity contribution in [3.05, 3.63) is 24.3 Å². The molecular formula is C20H20N2O4. The van der Waals surface area contributed by atoms with Crippen LogP contribution in [0.2, 0.25) is 0 Å². The monoisotopic (exact) mass is 352 g/mol. The molecule has 8 atom stereocenters. The first kappa shape index (κ1) is 14.9. The molecule has 0 aromatic rings. The Bertz CT molecular complexity index is 702. The molecular weight excluding hydrogens is 332 g/mol. The molecule has 0 aromatic heterocycles. The van der Waals surface area contributed by atoms with Gasteiger partial charge in [0.25, 0.3) is 0 Å². The van der Waals surface area contributed by atoms with Crippen LogP contribution < -0.4 is 0 Å².